The summed E-state index contributed by atoms with van der Waals surface area (Å²) in [6.07, 6.45) is 3.84. The maximum Gasteiger partial charge on any atom is 0.147 e. The summed E-state index contributed by atoms with van der Waals surface area (Å²) in [7, 11) is 3.44. The minimum Gasteiger partial charge on any atom is -0.377 e. The van der Waals surface area contributed by atoms with Crippen LogP contribution in [0.2, 0.25) is 0 Å². The Bertz CT molecular complexity index is 412. The summed E-state index contributed by atoms with van der Waals surface area (Å²) in [5.74, 6) is 1.52. The number of ether oxygens (including phenoxy) is 2. The first-order valence-electron chi connectivity index (χ1n) is 7.46. The van der Waals surface area contributed by atoms with Crippen molar-refractivity contribution in [3.63, 3.8) is 0 Å². The van der Waals surface area contributed by atoms with Gasteiger partial charge in [-0.2, -0.15) is 0 Å². The largest absolute Gasteiger partial charge is 0.377 e. The average Bonchev–Trinajstić information content (AvgIpc) is 2.91. The van der Waals surface area contributed by atoms with Gasteiger partial charge in [0.05, 0.1) is 18.1 Å². The molecule has 2 atom stereocenters. The Balaban J connectivity index is 1.90. The smallest absolute Gasteiger partial charge is 0.147 e. The highest BCUT2D eigenvalue weighted by molar-refractivity contribution is 5.38. The third kappa shape index (κ3) is 4.36. The van der Waals surface area contributed by atoms with Gasteiger partial charge in [0.2, 0.25) is 0 Å². The van der Waals surface area contributed by atoms with Gasteiger partial charge in [-0.3, -0.25) is 4.98 Å². The first-order chi connectivity index (χ1) is 10.1. The molecule has 1 aromatic rings. The van der Waals surface area contributed by atoms with E-state index < -0.39 is 0 Å². The van der Waals surface area contributed by atoms with Crippen molar-refractivity contribution in [3.8, 4) is 0 Å². The average molecular weight is 294 g/mol. The van der Waals surface area contributed by atoms with E-state index in [4.69, 9.17) is 9.47 Å². The summed E-state index contributed by atoms with van der Waals surface area (Å²) in [5.41, 5.74) is 0.963. The number of hydrogen-bond acceptors (Lipinski definition) is 6. The maximum absolute atomic E-state index is 5.44. The molecule has 0 radical (unpaired) electrons. The third-order valence-corrected chi connectivity index (χ3v) is 3.70. The van der Waals surface area contributed by atoms with Gasteiger partial charge in [0, 0.05) is 33.9 Å². The quantitative estimate of drug-likeness (QED) is 0.812. The van der Waals surface area contributed by atoms with Gasteiger partial charge in [-0.15, -0.1) is 0 Å². The number of aromatic nitrogens is 2. The predicted octanol–water partition coefficient (Wildman–Crippen LogP) is 1.07. The molecule has 1 N–H and O–H groups in total. The van der Waals surface area contributed by atoms with Crippen LogP contribution < -0.4 is 10.2 Å². The minimum atomic E-state index is 0.0872. The Morgan fingerprint density at radius 2 is 1.86 bits per heavy atom. The Kier molecular flexibility index (Phi) is 5.90. The lowest BCUT2D eigenvalue weighted by Crippen LogP contribution is -2.27. The zero-order valence-electron chi connectivity index (χ0n) is 13.4. The van der Waals surface area contributed by atoms with Gasteiger partial charge in [0.1, 0.15) is 18.0 Å². The fourth-order valence-electron chi connectivity index (χ4n) is 2.48. The summed E-state index contributed by atoms with van der Waals surface area (Å²) < 4.78 is 10.9. The van der Waals surface area contributed by atoms with E-state index in [0.717, 1.165) is 37.7 Å². The van der Waals surface area contributed by atoms with Crippen LogP contribution in [0, 0.1) is 5.92 Å². The molecule has 2 rings (SSSR count). The molecule has 6 nitrogen and oxygen atoms in total. The fraction of sp³-hybridized carbons (Fsp3) is 0.733. The molecule has 0 aliphatic carbocycles. The van der Waals surface area contributed by atoms with E-state index in [1.807, 2.05) is 12.4 Å². The molecule has 2 unspecified atom stereocenters. The SMILES string of the molecule is COC1CN(c2cnc(CNCC(C)C)cn2)CC1OC. The number of hydrogen-bond donors (Lipinski definition) is 1. The van der Waals surface area contributed by atoms with Gasteiger partial charge in [0.15, 0.2) is 0 Å². The van der Waals surface area contributed by atoms with Crippen LogP contribution >= 0.6 is 0 Å². The molecule has 1 aliphatic heterocycles. The van der Waals surface area contributed by atoms with Crippen LogP contribution in [-0.2, 0) is 16.0 Å². The number of nitrogens with one attached hydrogen (secondary N) is 1. The first-order valence-corrected chi connectivity index (χ1v) is 7.46. The van der Waals surface area contributed by atoms with Crippen molar-refractivity contribution in [3.05, 3.63) is 18.1 Å². The van der Waals surface area contributed by atoms with Crippen LogP contribution in [0.3, 0.4) is 0 Å². The van der Waals surface area contributed by atoms with E-state index in [9.17, 15) is 0 Å². The Labute approximate surface area is 126 Å². The Morgan fingerprint density at radius 1 is 1.19 bits per heavy atom. The molecule has 21 heavy (non-hydrogen) atoms. The standard InChI is InChI=1S/C15H26N4O2/c1-11(2)5-16-6-12-7-18-15(8-17-12)19-9-13(20-3)14(10-19)21-4/h7-8,11,13-14,16H,5-6,9-10H2,1-4H3. The second kappa shape index (κ2) is 7.68. The highest BCUT2D eigenvalue weighted by Crippen LogP contribution is 2.20. The maximum atomic E-state index is 5.44. The molecular weight excluding hydrogens is 268 g/mol. The molecule has 2 heterocycles. The molecule has 1 saturated heterocycles. The fourth-order valence-corrected chi connectivity index (χ4v) is 2.48. The number of nitrogens with zero attached hydrogens (tertiary/aromatic N) is 3. The third-order valence-electron chi connectivity index (χ3n) is 3.70. The van der Waals surface area contributed by atoms with E-state index in [2.05, 4.69) is 34.0 Å². The molecule has 1 fully saturated rings. The zero-order chi connectivity index (χ0) is 15.2. The van der Waals surface area contributed by atoms with Crippen LogP contribution in [0.1, 0.15) is 19.5 Å². The van der Waals surface area contributed by atoms with E-state index >= 15 is 0 Å². The Hall–Kier alpha value is -1.24. The van der Waals surface area contributed by atoms with Gasteiger partial charge in [0.25, 0.3) is 0 Å². The lowest BCUT2D eigenvalue weighted by Gasteiger charge is -2.16. The number of rotatable bonds is 7. The highest BCUT2D eigenvalue weighted by Gasteiger charge is 2.33. The summed E-state index contributed by atoms with van der Waals surface area (Å²) in [6.45, 7) is 7.69. The van der Waals surface area contributed by atoms with Crippen molar-refractivity contribution >= 4 is 5.82 Å². The van der Waals surface area contributed by atoms with Crippen molar-refractivity contribution < 1.29 is 9.47 Å². The zero-order valence-corrected chi connectivity index (χ0v) is 13.4. The monoisotopic (exact) mass is 294 g/mol. The van der Waals surface area contributed by atoms with Gasteiger partial charge < -0.3 is 19.7 Å². The van der Waals surface area contributed by atoms with Gasteiger partial charge in [-0.1, -0.05) is 13.8 Å². The van der Waals surface area contributed by atoms with Gasteiger partial charge in [-0.05, 0) is 12.5 Å². The normalized spacial score (nSPS) is 22.2. The summed E-state index contributed by atoms with van der Waals surface area (Å²) in [4.78, 5) is 11.1. The van der Waals surface area contributed by atoms with Crippen LogP contribution in [0.25, 0.3) is 0 Å². The lowest BCUT2D eigenvalue weighted by atomic mass is 10.2. The van der Waals surface area contributed by atoms with E-state index in [1.54, 1.807) is 14.2 Å². The van der Waals surface area contributed by atoms with Crippen molar-refractivity contribution in [2.45, 2.75) is 32.6 Å². The number of methoxy groups -OCH3 is 2. The summed E-state index contributed by atoms with van der Waals surface area (Å²) >= 11 is 0. The molecule has 118 valence electrons. The van der Waals surface area contributed by atoms with Crippen LogP contribution in [0.4, 0.5) is 5.82 Å². The molecule has 0 bridgehead atoms. The molecule has 0 saturated carbocycles. The summed E-state index contributed by atoms with van der Waals surface area (Å²) in [5, 5.41) is 3.37. The highest BCUT2D eigenvalue weighted by atomic mass is 16.5. The molecule has 6 heteroatoms. The molecule has 0 amide bonds. The Morgan fingerprint density at radius 3 is 2.33 bits per heavy atom. The lowest BCUT2D eigenvalue weighted by molar-refractivity contribution is -0.00461. The van der Waals surface area contributed by atoms with Crippen LogP contribution in [-0.4, -0.2) is 56.0 Å². The van der Waals surface area contributed by atoms with E-state index in [1.165, 1.54) is 0 Å². The van der Waals surface area contributed by atoms with E-state index in [-0.39, 0.29) is 12.2 Å². The van der Waals surface area contributed by atoms with Crippen molar-refractivity contribution in [2.75, 3.05) is 38.8 Å². The van der Waals surface area contributed by atoms with E-state index in [0.29, 0.717) is 5.92 Å². The van der Waals surface area contributed by atoms with Crippen molar-refractivity contribution in [1.82, 2.24) is 15.3 Å². The second-order valence-corrected chi connectivity index (χ2v) is 5.84. The van der Waals surface area contributed by atoms with Crippen LogP contribution in [0.5, 0.6) is 0 Å². The number of anilines is 1. The molecule has 0 aromatic carbocycles. The second-order valence-electron chi connectivity index (χ2n) is 5.84. The molecule has 1 aliphatic rings. The van der Waals surface area contributed by atoms with Gasteiger partial charge in [-0.25, -0.2) is 4.98 Å². The topological polar surface area (TPSA) is 59.5 Å². The van der Waals surface area contributed by atoms with Crippen LogP contribution in [0.15, 0.2) is 12.4 Å². The first kappa shape index (κ1) is 16.1. The molecular formula is C15H26N4O2. The van der Waals surface area contributed by atoms with Gasteiger partial charge >= 0.3 is 0 Å². The molecule has 1 aromatic heterocycles. The van der Waals surface area contributed by atoms with Crippen molar-refractivity contribution in [2.24, 2.45) is 5.92 Å². The summed E-state index contributed by atoms with van der Waals surface area (Å²) in [6, 6.07) is 0. The predicted molar refractivity (Wildman–Crippen MR) is 82.4 cm³/mol. The molecule has 0 spiro atoms. The van der Waals surface area contributed by atoms with Crippen molar-refractivity contribution in [1.29, 1.82) is 0 Å². The minimum absolute atomic E-state index is 0.0872.